The number of halogens is 1. The Morgan fingerprint density at radius 2 is 1.32 bits per heavy atom. The first-order chi connectivity index (χ1) is 10.8. The summed E-state index contributed by atoms with van der Waals surface area (Å²) in [7, 11) is -1.98. The van der Waals surface area contributed by atoms with Gasteiger partial charge in [0.05, 0.1) is 6.16 Å². The smallest absolute Gasteiger partial charge is 0.202 e. The Hall–Kier alpha value is -1.20. The molecule has 0 fully saturated rings. The SMILES string of the molecule is CCCCCC(F)[P+](CC)(c1ccccc1)c1ccccc1. The minimum absolute atomic E-state index is 0.680. The lowest BCUT2D eigenvalue weighted by molar-refractivity contribution is 0.406. The fourth-order valence-corrected chi connectivity index (χ4v) is 7.31. The summed E-state index contributed by atoms with van der Waals surface area (Å²) >= 11 is 0. The fourth-order valence-electron chi connectivity index (χ4n) is 3.21. The summed E-state index contributed by atoms with van der Waals surface area (Å²) in [4.78, 5) is 0. The van der Waals surface area contributed by atoms with Crippen LogP contribution >= 0.6 is 7.26 Å². The molecule has 0 aliphatic rings. The number of alkyl halides is 1. The molecule has 118 valence electrons. The Morgan fingerprint density at radius 3 is 1.73 bits per heavy atom. The number of benzene rings is 2. The maximum atomic E-state index is 15.5. The van der Waals surface area contributed by atoms with Gasteiger partial charge < -0.3 is 0 Å². The lowest BCUT2D eigenvalue weighted by atomic mass is 10.2. The van der Waals surface area contributed by atoms with Gasteiger partial charge in [0, 0.05) is 6.42 Å². The minimum Gasteiger partial charge on any atom is -0.202 e. The maximum Gasteiger partial charge on any atom is 0.214 e. The van der Waals surface area contributed by atoms with Gasteiger partial charge in [-0.1, -0.05) is 56.2 Å². The molecule has 22 heavy (non-hydrogen) atoms. The summed E-state index contributed by atoms with van der Waals surface area (Å²) in [6.07, 6.45) is 4.81. The van der Waals surface area contributed by atoms with Crippen molar-refractivity contribution in [3.8, 4) is 0 Å². The van der Waals surface area contributed by atoms with Crippen molar-refractivity contribution >= 4 is 17.9 Å². The summed E-state index contributed by atoms with van der Waals surface area (Å²) in [5, 5.41) is 2.40. The van der Waals surface area contributed by atoms with Gasteiger partial charge in [-0.15, -0.1) is 0 Å². The molecule has 0 aliphatic carbocycles. The van der Waals surface area contributed by atoms with Crippen molar-refractivity contribution in [1.82, 2.24) is 0 Å². The Morgan fingerprint density at radius 1 is 0.818 bits per heavy atom. The first-order valence-corrected chi connectivity index (χ1v) is 10.4. The molecule has 1 unspecified atom stereocenters. The third-order valence-electron chi connectivity index (χ3n) is 4.46. The Balaban J connectivity index is 2.43. The van der Waals surface area contributed by atoms with Gasteiger partial charge in [-0.2, -0.15) is 0 Å². The lowest BCUT2D eigenvalue weighted by Crippen LogP contribution is -2.31. The van der Waals surface area contributed by atoms with Crippen LogP contribution in [-0.4, -0.2) is 12.1 Å². The molecule has 2 rings (SSSR count). The van der Waals surface area contributed by atoms with E-state index in [0.29, 0.717) is 6.42 Å². The molecule has 0 aromatic heterocycles. The van der Waals surface area contributed by atoms with E-state index in [1.165, 1.54) is 10.6 Å². The third-order valence-corrected chi connectivity index (χ3v) is 9.11. The van der Waals surface area contributed by atoms with Crippen molar-refractivity contribution in [2.75, 3.05) is 6.16 Å². The summed E-state index contributed by atoms with van der Waals surface area (Å²) in [5.41, 5.74) is 0. The molecule has 0 nitrogen and oxygen atoms in total. The first kappa shape index (κ1) is 17.2. The van der Waals surface area contributed by atoms with Crippen LogP contribution in [0, 0.1) is 0 Å². The molecule has 0 N–H and O–H groups in total. The second-order valence-corrected chi connectivity index (χ2v) is 9.75. The highest BCUT2D eigenvalue weighted by Crippen LogP contribution is 2.62. The van der Waals surface area contributed by atoms with E-state index in [0.717, 1.165) is 25.4 Å². The molecule has 0 aliphatic heterocycles. The molecule has 0 bridgehead atoms. The van der Waals surface area contributed by atoms with Gasteiger partial charge in [0.1, 0.15) is 17.9 Å². The van der Waals surface area contributed by atoms with Crippen LogP contribution in [0.25, 0.3) is 0 Å². The zero-order valence-corrected chi connectivity index (χ0v) is 14.6. The second-order valence-electron chi connectivity index (χ2n) is 5.79. The van der Waals surface area contributed by atoms with E-state index in [1.54, 1.807) is 0 Å². The van der Waals surface area contributed by atoms with E-state index >= 15 is 4.39 Å². The second kappa shape index (κ2) is 8.44. The van der Waals surface area contributed by atoms with E-state index in [1.807, 2.05) is 36.4 Å². The third kappa shape index (κ3) is 3.58. The lowest BCUT2D eigenvalue weighted by Gasteiger charge is -2.29. The molecule has 2 aromatic carbocycles. The van der Waals surface area contributed by atoms with E-state index in [9.17, 15) is 0 Å². The Labute approximate surface area is 135 Å². The molecule has 0 saturated heterocycles. The molecule has 0 radical (unpaired) electrons. The number of hydrogen-bond donors (Lipinski definition) is 0. The van der Waals surface area contributed by atoms with Gasteiger partial charge >= 0.3 is 0 Å². The fraction of sp³-hybridized carbons (Fsp3) is 0.400. The van der Waals surface area contributed by atoms with Crippen molar-refractivity contribution in [2.45, 2.75) is 45.4 Å². The van der Waals surface area contributed by atoms with Crippen LogP contribution in [0.2, 0.25) is 0 Å². The van der Waals surface area contributed by atoms with Crippen molar-refractivity contribution in [3.05, 3.63) is 60.7 Å². The summed E-state index contributed by atoms with van der Waals surface area (Å²) < 4.78 is 15.5. The highest BCUT2D eigenvalue weighted by molar-refractivity contribution is 7.89. The first-order valence-electron chi connectivity index (χ1n) is 8.38. The van der Waals surface area contributed by atoms with Crippen molar-refractivity contribution in [2.24, 2.45) is 0 Å². The maximum absolute atomic E-state index is 15.5. The Kier molecular flexibility index (Phi) is 6.58. The number of unbranched alkanes of at least 4 members (excludes halogenated alkanes) is 2. The van der Waals surface area contributed by atoms with Crippen LogP contribution in [0.4, 0.5) is 4.39 Å². The molecular weight excluding hydrogens is 290 g/mol. The average molecular weight is 317 g/mol. The van der Waals surface area contributed by atoms with E-state index in [2.05, 4.69) is 38.1 Å². The predicted octanol–water partition coefficient (Wildman–Crippen LogP) is 5.55. The van der Waals surface area contributed by atoms with Crippen LogP contribution < -0.4 is 10.6 Å². The minimum atomic E-state index is -1.98. The van der Waals surface area contributed by atoms with Crippen molar-refractivity contribution in [1.29, 1.82) is 0 Å². The van der Waals surface area contributed by atoms with Crippen LogP contribution in [-0.2, 0) is 0 Å². The van der Waals surface area contributed by atoms with Crippen molar-refractivity contribution in [3.63, 3.8) is 0 Å². The summed E-state index contributed by atoms with van der Waals surface area (Å²) in [6, 6.07) is 20.7. The highest BCUT2D eigenvalue weighted by Gasteiger charge is 2.48. The average Bonchev–Trinajstić information content (AvgIpc) is 2.58. The number of rotatable bonds is 8. The molecule has 1 atom stereocenters. The molecule has 0 saturated carbocycles. The van der Waals surface area contributed by atoms with Gasteiger partial charge in [-0.05, 0) is 37.6 Å². The van der Waals surface area contributed by atoms with E-state index in [4.69, 9.17) is 0 Å². The van der Waals surface area contributed by atoms with Crippen LogP contribution in [0.5, 0.6) is 0 Å². The van der Waals surface area contributed by atoms with Gasteiger partial charge in [0.2, 0.25) is 5.91 Å². The largest absolute Gasteiger partial charge is 0.214 e. The van der Waals surface area contributed by atoms with Crippen molar-refractivity contribution < 1.29 is 4.39 Å². The van der Waals surface area contributed by atoms with E-state index in [-0.39, 0.29) is 0 Å². The topological polar surface area (TPSA) is 0 Å². The van der Waals surface area contributed by atoms with Crippen LogP contribution in [0.15, 0.2) is 60.7 Å². The molecule has 0 spiro atoms. The summed E-state index contributed by atoms with van der Waals surface area (Å²) in [6.45, 7) is 4.32. The quantitative estimate of drug-likeness (QED) is 0.442. The Bertz CT molecular complexity index is 499. The molecule has 0 amide bonds. The van der Waals surface area contributed by atoms with Gasteiger partial charge in [0.15, 0.2) is 0 Å². The normalized spacial score (nSPS) is 13.0. The zero-order valence-electron chi connectivity index (χ0n) is 13.7. The van der Waals surface area contributed by atoms with Gasteiger partial charge in [-0.25, -0.2) is 4.39 Å². The molecular formula is C20H27FP+. The van der Waals surface area contributed by atoms with Gasteiger partial charge in [0.25, 0.3) is 0 Å². The van der Waals surface area contributed by atoms with E-state index < -0.39 is 13.2 Å². The zero-order chi connectivity index (χ0) is 15.8. The molecule has 2 aromatic rings. The standard InChI is InChI=1S/C20H27FP/c1-3-5-8-17-20(21)22(4-2,18-13-9-6-10-14-18)19-15-11-7-12-16-19/h6-7,9-16,20H,3-5,8,17H2,1-2H3/q+1. The van der Waals surface area contributed by atoms with Crippen LogP contribution in [0.1, 0.15) is 39.5 Å². The molecule has 0 heterocycles. The monoisotopic (exact) mass is 317 g/mol. The number of hydrogen-bond acceptors (Lipinski definition) is 0. The summed E-state index contributed by atoms with van der Waals surface area (Å²) in [5.74, 6) is -0.742. The molecule has 2 heteroatoms. The predicted molar refractivity (Wildman–Crippen MR) is 98.7 cm³/mol. The van der Waals surface area contributed by atoms with Gasteiger partial charge in [-0.3, -0.25) is 0 Å². The van der Waals surface area contributed by atoms with Crippen LogP contribution in [0.3, 0.4) is 0 Å². The highest BCUT2D eigenvalue weighted by atomic mass is 31.2.